The van der Waals surface area contributed by atoms with E-state index in [0.717, 1.165) is 5.69 Å². The minimum absolute atomic E-state index is 0.0454. The number of nitrogens with zero attached hydrogens (tertiary/aromatic N) is 5. The van der Waals surface area contributed by atoms with Gasteiger partial charge in [-0.2, -0.15) is 5.10 Å². The second-order valence-electron chi connectivity index (χ2n) is 5.88. The van der Waals surface area contributed by atoms with E-state index in [1.807, 2.05) is 19.9 Å². The minimum Gasteiger partial charge on any atom is -0.342 e. The molecule has 0 aromatic carbocycles. The predicted octanol–water partition coefficient (Wildman–Crippen LogP) is 2.14. The zero-order chi connectivity index (χ0) is 18.0. The van der Waals surface area contributed by atoms with Gasteiger partial charge in [-0.05, 0) is 26.0 Å². The van der Waals surface area contributed by atoms with Crippen LogP contribution in [0, 0.1) is 5.92 Å². The van der Waals surface area contributed by atoms with Crippen LogP contribution < -0.4 is 4.90 Å². The van der Waals surface area contributed by atoms with Gasteiger partial charge in [-0.1, -0.05) is 11.6 Å². The predicted molar refractivity (Wildman–Crippen MR) is 94.8 cm³/mol. The molecule has 0 spiro atoms. The van der Waals surface area contributed by atoms with Crippen molar-refractivity contribution >= 4 is 29.1 Å². The molecule has 1 unspecified atom stereocenters. The summed E-state index contributed by atoms with van der Waals surface area (Å²) in [5, 5.41) is 4.50. The Bertz CT molecular complexity index is 777. The van der Waals surface area contributed by atoms with Crippen LogP contribution in [0.3, 0.4) is 0 Å². The van der Waals surface area contributed by atoms with Gasteiger partial charge in [0.15, 0.2) is 5.15 Å². The Morgan fingerprint density at radius 1 is 1.44 bits per heavy atom. The fourth-order valence-corrected chi connectivity index (χ4v) is 3.20. The van der Waals surface area contributed by atoms with Crippen molar-refractivity contribution in [3.8, 4) is 5.69 Å². The molecule has 7 nitrogen and oxygen atoms in total. The quantitative estimate of drug-likeness (QED) is 0.739. The summed E-state index contributed by atoms with van der Waals surface area (Å²) in [4.78, 5) is 32.0. The van der Waals surface area contributed by atoms with Crippen LogP contribution in [-0.4, -0.2) is 51.1 Å². The molecule has 1 aliphatic heterocycles. The molecule has 1 atom stereocenters. The smallest absolute Gasteiger partial charge is 0.228 e. The molecule has 132 valence electrons. The van der Waals surface area contributed by atoms with Crippen molar-refractivity contribution in [1.82, 2.24) is 19.7 Å². The lowest BCUT2D eigenvalue weighted by Crippen LogP contribution is -2.53. The molecular weight excluding hydrogens is 342 g/mol. The highest BCUT2D eigenvalue weighted by molar-refractivity contribution is 6.32. The molecule has 2 aromatic rings. The molecule has 3 heterocycles. The second kappa shape index (κ2) is 7.23. The van der Waals surface area contributed by atoms with Gasteiger partial charge < -0.3 is 9.80 Å². The summed E-state index contributed by atoms with van der Waals surface area (Å²) in [6.07, 6.45) is 5.24. The molecule has 1 aliphatic rings. The van der Waals surface area contributed by atoms with Gasteiger partial charge in [0.25, 0.3) is 0 Å². The van der Waals surface area contributed by atoms with Crippen LogP contribution in [0.4, 0.5) is 5.69 Å². The molecule has 0 aliphatic carbocycles. The van der Waals surface area contributed by atoms with Gasteiger partial charge in [0.05, 0.1) is 24.0 Å². The van der Waals surface area contributed by atoms with Crippen molar-refractivity contribution < 1.29 is 9.59 Å². The van der Waals surface area contributed by atoms with Crippen molar-refractivity contribution in [3.05, 3.63) is 35.9 Å². The van der Waals surface area contributed by atoms with Crippen molar-refractivity contribution in [1.29, 1.82) is 0 Å². The third kappa shape index (κ3) is 3.37. The minimum atomic E-state index is -0.228. The number of halogens is 1. The second-order valence-corrected chi connectivity index (χ2v) is 6.23. The zero-order valence-electron chi connectivity index (χ0n) is 14.2. The maximum atomic E-state index is 12.7. The lowest BCUT2D eigenvalue weighted by molar-refractivity contribution is -0.149. The summed E-state index contributed by atoms with van der Waals surface area (Å²) >= 11 is 6.25. The zero-order valence-corrected chi connectivity index (χ0v) is 15.0. The molecule has 3 rings (SSSR count). The van der Waals surface area contributed by atoms with Gasteiger partial charge in [0.1, 0.15) is 5.69 Å². The van der Waals surface area contributed by atoms with E-state index in [1.54, 1.807) is 39.1 Å². The number of carbonyl (C=O) groups is 2. The molecule has 0 N–H and O–H groups in total. The summed E-state index contributed by atoms with van der Waals surface area (Å²) in [6, 6.07) is 3.65. The van der Waals surface area contributed by atoms with Crippen LogP contribution >= 0.6 is 11.6 Å². The molecule has 25 heavy (non-hydrogen) atoms. The van der Waals surface area contributed by atoms with Gasteiger partial charge in [-0.3, -0.25) is 14.6 Å². The van der Waals surface area contributed by atoms with Gasteiger partial charge in [0, 0.05) is 32.3 Å². The highest BCUT2D eigenvalue weighted by Crippen LogP contribution is 2.28. The Morgan fingerprint density at radius 2 is 2.24 bits per heavy atom. The van der Waals surface area contributed by atoms with Gasteiger partial charge >= 0.3 is 0 Å². The number of hydrogen-bond donors (Lipinski definition) is 0. The number of carbonyl (C=O) groups excluding carboxylic acids is 2. The van der Waals surface area contributed by atoms with Crippen LogP contribution in [0.5, 0.6) is 0 Å². The number of rotatable bonds is 6. The first kappa shape index (κ1) is 17.4. The highest BCUT2D eigenvalue weighted by atomic mass is 35.5. The highest BCUT2D eigenvalue weighted by Gasteiger charge is 2.38. The summed E-state index contributed by atoms with van der Waals surface area (Å²) in [5.41, 5.74) is 1.30. The fourth-order valence-electron chi connectivity index (χ4n) is 2.97. The van der Waals surface area contributed by atoms with E-state index in [-0.39, 0.29) is 29.3 Å². The molecule has 2 aromatic heterocycles. The van der Waals surface area contributed by atoms with Crippen molar-refractivity contribution in [2.75, 3.05) is 24.5 Å². The van der Waals surface area contributed by atoms with Crippen molar-refractivity contribution in [3.63, 3.8) is 0 Å². The number of pyridine rings is 1. The molecule has 1 fully saturated rings. The number of likely N-dealkylation sites (tertiary alicyclic amines) is 1. The van der Waals surface area contributed by atoms with Crippen LogP contribution in [0.25, 0.3) is 5.69 Å². The Kier molecular flexibility index (Phi) is 5.03. The summed E-state index contributed by atoms with van der Waals surface area (Å²) < 4.78 is 1.59. The Labute approximate surface area is 151 Å². The molecule has 2 amide bonds. The van der Waals surface area contributed by atoms with Gasteiger partial charge in [0.2, 0.25) is 11.8 Å². The Hall–Kier alpha value is -2.41. The van der Waals surface area contributed by atoms with Crippen LogP contribution in [0.1, 0.15) is 20.3 Å². The maximum absolute atomic E-state index is 12.7. The Balaban J connectivity index is 1.76. The summed E-state index contributed by atoms with van der Waals surface area (Å²) in [5.74, 6) is -0.304. The van der Waals surface area contributed by atoms with E-state index in [4.69, 9.17) is 11.6 Å². The van der Waals surface area contributed by atoms with Crippen LogP contribution in [0.2, 0.25) is 5.15 Å². The number of β-lactam (4-membered cyclic amide) rings is 1. The van der Waals surface area contributed by atoms with E-state index in [0.29, 0.717) is 25.3 Å². The monoisotopic (exact) mass is 361 g/mol. The number of amides is 2. The van der Waals surface area contributed by atoms with E-state index in [1.165, 1.54) is 0 Å². The summed E-state index contributed by atoms with van der Waals surface area (Å²) in [6.45, 7) is 5.58. The van der Waals surface area contributed by atoms with Crippen LogP contribution in [-0.2, 0) is 9.59 Å². The SMILES string of the molecule is CCN1CC(CC(=O)N(CC)c2cn(-c3cccnc3)nc2Cl)C1=O. The third-order valence-electron chi connectivity index (χ3n) is 4.37. The standard InChI is InChI=1S/C17H20ClN5O2/c1-3-21-10-12(17(21)25)8-15(24)22(4-2)14-11-23(20-16(14)18)13-6-5-7-19-9-13/h5-7,9,11-12H,3-4,8,10H2,1-2H3. The molecule has 1 saturated heterocycles. The number of anilines is 1. The third-order valence-corrected chi connectivity index (χ3v) is 4.64. The van der Waals surface area contributed by atoms with Gasteiger partial charge in [-0.25, -0.2) is 4.68 Å². The topological polar surface area (TPSA) is 71.3 Å². The van der Waals surface area contributed by atoms with E-state index < -0.39 is 0 Å². The number of aromatic nitrogens is 3. The molecule has 0 radical (unpaired) electrons. The molecule has 8 heteroatoms. The largest absolute Gasteiger partial charge is 0.342 e. The molecular formula is C17H20ClN5O2. The first-order valence-corrected chi connectivity index (χ1v) is 8.67. The lowest BCUT2D eigenvalue weighted by atomic mass is 9.94. The normalized spacial score (nSPS) is 16.7. The maximum Gasteiger partial charge on any atom is 0.228 e. The average molecular weight is 362 g/mol. The van der Waals surface area contributed by atoms with E-state index >= 15 is 0 Å². The Morgan fingerprint density at radius 3 is 2.84 bits per heavy atom. The fraction of sp³-hybridized carbons (Fsp3) is 0.412. The average Bonchev–Trinajstić information content (AvgIpc) is 3.01. The van der Waals surface area contributed by atoms with E-state index in [9.17, 15) is 9.59 Å². The number of hydrogen-bond acceptors (Lipinski definition) is 4. The van der Waals surface area contributed by atoms with Crippen molar-refractivity contribution in [2.24, 2.45) is 5.92 Å². The first-order chi connectivity index (χ1) is 12.0. The van der Waals surface area contributed by atoms with E-state index in [2.05, 4.69) is 10.1 Å². The molecule has 0 bridgehead atoms. The first-order valence-electron chi connectivity index (χ1n) is 8.29. The molecule has 0 saturated carbocycles. The summed E-state index contributed by atoms with van der Waals surface area (Å²) in [7, 11) is 0. The van der Waals surface area contributed by atoms with Gasteiger partial charge in [-0.15, -0.1) is 0 Å². The van der Waals surface area contributed by atoms with Crippen LogP contribution in [0.15, 0.2) is 30.7 Å². The lowest BCUT2D eigenvalue weighted by Gasteiger charge is -2.38. The van der Waals surface area contributed by atoms with Crippen molar-refractivity contribution in [2.45, 2.75) is 20.3 Å².